The Labute approximate surface area is 228 Å². The van der Waals surface area contributed by atoms with Gasteiger partial charge in [0, 0.05) is 26.2 Å². The predicted molar refractivity (Wildman–Crippen MR) is 162 cm³/mol. The molecule has 0 fully saturated rings. The molecule has 0 aromatic carbocycles. The van der Waals surface area contributed by atoms with Gasteiger partial charge in [-0.25, -0.2) is 4.79 Å². The fourth-order valence-corrected chi connectivity index (χ4v) is 4.93. The van der Waals surface area contributed by atoms with Crippen LogP contribution in [0.3, 0.4) is 0 Å². The van der Waals surface area contributed by atoms with Gasteiger partial charge in [0.05, 0.1) is 0 Å². The lowest BCUT2D eigenvalue weighted by Crippen LogP contribution is -2.45. The molecule has 3 nitrogen and oxygen atoms in total. The van der Waals surface area contributed by atoms with E-state index in [4.69, 9.17) is 0 Å². The summed E-state index contributed by atoms with van der Waals surface area (Å²) < 4.78 is 0. The van der Waals surface area contributed by atoms with E-state index in [9.17, 15) is 4.79 Å². The van der Waals surface area contributed by atoms with Crippen molar-refractivity contribution in [2.45, 2.75) is 158 Å². The monoisotopic (exact) mass is 509 g/mol. The molecule has 36 heavy (non-hydrogen) atoms. The van der Waals surface area contributed by atoms with Crippen LogP contribution >= 0.6 is 0 Å². The maximum Gasteiger partial charge on any atom is 0.319 e. The van der Waals surface area contributed by atoms with Crippen molar-refractivity contribution in [1.29, 1.82) is 0 Å². The van der Waals surface area contributed by atoms with Crippen molar-refractivity contribution in [3.05, 3.63) is 0 Å². The van der Waals surface area contributed by atoms with Crippen molar-refractivity contribution >= 4 is 6.03 Å². The molecule has 2 amide bonds. The maximum absolute atomic E-state index is 13.8. The van der Waals surface area contributed by atoms with Crippen molar-refractivity contribution in [2.75, 3.05) is 26.2 Å². The number of rotatable bonds is 24. The second-order valence-corrected chi connectivity index (χ2v) is 13.2. The summed E-state index contributed by atoms with van der Waals surface area (Å²) in [4.78, 5) is 18.2. The third kappa shape index (κ3) is 22.5. The van der Waals surface area contributed by atoms with E-state index in [1.54, 1.807) is 0 Å². The number of urea groups is 1. The first-order chi connectivity index (χ1) is 17.1. The van der Waals surface area contributed by atoms with Crippen molar-refractivity contribution < 1.29 is 4.79 Å². The molecule has 3 heteroatoms. The van der Waals surface area contributed by atoms with Gasteiger partial charge in [-0.15, -0.1) is 0 Å². The standard InChI is InChI=1S/C33H68N2O/c1-29(2)21-13-9-17-25-34(26-18-10-14-22-30(3)4)33(36)35(27-19-11-15-23-31(5)6)28-20-12-16-24-32(7)8/h29-32H,9-28H2,1-8H3. The summed E-state index contributed by atoms with van der Waals surface area (Å²) in [5, 5.41) is 0. The van der Waals surface area contributed by atoms with Crippen LogP contribution in [0.4, 0.5) is 4.79 Å². The molecule has 0 spiro atoms. The minimum Gasteiger partial charge on any atom is -0.325 e. The fourth-order valence-electron chi connectivity index (χ4n) is 4.93. The number of amides is 2. The van der Waals surface area contributed by atoms with Gasteiger partial charge in [0.15, 0.2) is 0 Å². The molecule has 0 N–H and O–H groups in total. The second-order valence-electron chi connectivity index (χ2n) is 13.2. The Hall–Kier alpha value is -0.730. The molecule has 216 valence electrons. The Morgan fingerprint density at radius 2 is 0.611 bits per heavy atom. The number of carbonyl (C=O) groups is 1. The van der Waals surface area contributed by atoms with Gasteiger partial charge < -0.3 is 9.80 Å². The SMILES string of the molecule is CC(C)CCCCCN(CCCCCC(C)C)C(=O)N(CCCCCC(C)C)CCCCCC(C)C. The topological polar surface area (TPSA) is 23.6 Å². The van der Waals surface area contributed by atoms with Gasteiger partial charge in [0.25, 0.3) is 0 Å². The summed E-state index contributed by atoms with van der Waals surface area (Å²) in [7, 11) is 0. The Bertz CT molecular complexity index is 408. The zero-order chi connectivity index (χ0) is 27.2. The second kappa shape index (κ2) is 23.4. The van der Waals surface area contributed by atoms with Crippen molar-refractivity contribution in [2.24, 2.45) is 23.7 Å². The molecular formula is C33H68N2O. The van der Waals surface area contributed by atoms with Gasteiger partial charge in [-0.3, -0.25) is 0 Å². The largest absolute Gasteiger partial charge is 0.325 e. The molecule has 0 saturated heterocycles. The summed E-state index contributed by atoms with van der Waals surface area (Å²) in [5.41, 5.74) is 0. The quantitative estimate of drug-likeness (QED) is 0.119. The van der Waals surface area contributed by atoms with Crippen LogP contribution in [0.15, 0.2) is 0 Å². The average molecular weight is 509 g/mol. The van der Waals surface area contributed by atoms with E-state index in [2.05, 4.69) is 65.2 Å². The maximum atomic E-state index is 13.8. The van der Waals surface area contributed by atoms with Crippen LogP contribution in [0.25, 0.3) is 0 Å². The van der Waals surface area contributed by atoms with Crippen LogP contribution in [0.2, 0.25) is 0 Å². The molecule has 0 radical (unpaired) electrons. The summed E-state index contributed by atoms with van der Waals surface area (Å²) in [5.74, 6) is 3.13. The van der Waals surface area contributed by atoms with Crippen LogP contribution in [0.1, 0.15) is 158 Å². The molecule has 0 atom stereocenters. The molecule has 0 aliphatic carbocycles. The molecule has 0 saturated carbocycles. The van der Waals surface area contributed by atoms with Gasteiger partial charge in [-0.1, -0.05) is 132 Å². The van der Waals surface area contributed by atoms with Crippen molar-refractivity contribution in [1.82, 2.24) is 9.80 Å². The first-order valence-corrected chi connectivity index (χ1v) is 16.2. The van der Waals surface area contributed by atoms with Crippen LogP contribution in [-0.2, 0) is 0 Å². The molecule has 0 unspecified atom stereocenters. The average Bonchev–Trinajstić information content (AvgIpc) is 2.79. The Kier molecular flexibility index (Phi) is 22.9. The number of hydrogen-bond acceptors (Lipinski definition) is 1. The number of hydrogen-bond donors (Lipinski definition) is 0. The number of unbranched alkanes of at least 4 members (excludes halogenated alkanes) is 8. The zero-order valence-electron chi connectivity index (χ0n) is 26.3. The minimum atomic E-state index is 0.329. The van der Waals surface area contributed by atoms with Gasteiger partial charge in [-0.2, -0.15) is 0 Å². The van der Waals surface area contributed by atoms with Crippen molar-refractivity contribution in [3.63, 3.8) is 0 Å². The Balaban J connectivity index is 4.94. The van der Waals surface area contributed by atoms with E-state index in [1.165, 1.54) is 77.0 Å². The van der Waals surface area contributed by atoms with E-state index < -0.39 is 0 Å². The lowest BCUT2D eigenvalue weighted by molar-refractivity contribution is 0.148. The molecule has 0 heterocycles. The first-order valence-electron chi connectivity index (χ1n) is 16.2. The Morgan fingerprint density at radius 1 is 0.389 bits per heavy atom. The van der Waals surface area contributed by atoms with E-state index >= 15 is 0 Å². The molecular weight excluding hydrogens is 440 g/mol. The predicted octanol–water partition coefficient (Wildman–Crippen LogP) is 10.6. The van der Waals surface area contributed by atoms with Crippen LogP contribution in [0.5, 0.6) is 0 Å². The van der Waals surface area contributed by atoms with E-state index in [-0.39, 0.29) is 0 Å². The molecule has 0 aliphatic heterocycles. The highest BCUT2D eigenvalue weighted by atomic mass is 16.2. The molecule has 0 aromatic heterocycles. The summed E-state index contributed by atoms with van der Waals surface area (Å²) in [6.45, 7) is 22.3. The van der Waals surface area contributed by atoms with Gasteiger partial charge >= 0.3 is 6.03 Å². The number of carbonyl (C=O) groups excluding carboxylic acids is 1. The first kappa shape index (κ1) is 35.3. The lowest BCUT2D eigenvalue weighted by atomic mass is 10.0. The van der Waals surface area contributed by atoms with Gasteiger partial charge in [0.2, 0.25) is 0 Å². The van der Waals surface area contributed by atoms with E-state index in [1.807, 2.05) is 0 Å². The van der Waals surface area contributed by atoms with E-state index in [0.717, 1.165) is 75.5 Å². The third-order valence-electron chi connectivity index (χ3n) is 7.38. The van der Waals surface area contributed by atoms with Gasteiger partial charge in [0.1, 0.15) is 0 Å². The zero-order valence-corrected chi connectivity index (χ0v) is 26.3. The summed E-state index contributed by atoms with van der Waals surface area (Å²) in [6.07, 6.45) is 20.0. The fraction of sp³-hybridized carbons (Fsp3) is 0.970. The Morgan fingerprint density at radius 3 is 0.806 bits per heavy atom. The smallest absolute Gasteiger partial charge is 0.319 e. The number of nitrogens with zero attached hydrogens (tertiary/aromatic N) is 2. The molecule has 0 bridgehead atoms. The van der Waals surface area contributed by atoms with Crippen LogP contribution < -0.4 is 0 Å². The highest BCUT2D eigenvalue weighted by Crippen LogP contribution is 2.15. The lowest BCUT2D eigenvalue weighted by Gasteiger charge is -2.31. The van der Waals surface area contributed by atoms with Crippen molar-refractivity contribution in [3.8, 4) is 0 Å². The third-order valence-corrected chi connectivity index (χ3v) is 7.38. The molecule has 0 aliphatic rings. The minimum absolute atomic E-state index is 0.329. The van der Waals surface area contributed by atoms with Crippen LogP contribution in [0, 0.1) is 23.7 Å². The van der Waals surface area contributed by atoms with E-state index in [0.29, 0.717) is 6.03 Å². The normalized spacial score (nSPS) is 11.9. The highest BCUT2D eigenvalue weighted by Gasteiger charge is 2.20. The van der Waals surface area contributed by atoms with Gasteiger partial charge in [-0.05, 0) is 49.4 Å². The summed E-state index contributed by atoms with van der Waals surface area (Å²) >= 11 is 0. The molecule has 0 rings (SSSR count). The highest BCUT2D eigenvalue weighted by molar-refractivity contribution is 5.74. The summed E-state index contributed by atoms with van der Waals surface area (Å²) in [6, 6.07) is 0.329. The van der Waals surface area contributed by atoms with Crippen LogP contribution in [-0.4, -0.2) is 42.0 Å². The molecule has 0 aromatic rings.